The van der Waals surface area contributed by atoms with Gasteiger partial charge in [-0.05, 0) is 30.2 Å². The highest BCUT2D eigenvalue weighted by Gasteiger charge is 2.34. The van der Waals surface area contributed by atoms with Crippen LogP contribution in [0.25, 0.3) is 0 Å². The maximum absolute atomic E-state index is 13.1. The minimum atomic E-state index is -0.145. The van der Waals surface area contributed by atoms with E-state index < -0.39 is 0 Å². The monoisotopic (exact) mass is 564 g/mol. The first kappa shape index (κ1) is 26.4. The summed E-state index contributed by atoms with van der Waals surface area (Å²) in [5.74, 6) is 3.85. The fourth-order valence-electron chi connectivity index (χ4n) is 5.22. The van der Waals surface area contributed by atoms with Gasteiger partial charge in [-0.2, -0.15) is 0 Å². The Hall–Kier alpha value is -2.79. The molecule has 1 amide bonds. The van der Waals surface area contributed by atoms with Gasteiger partial charge in [0.15, 0.2) is 11.5 Å². The summed E-state index contributed by atoms with van der Waals surface area (Å²) in [6.07, 6.45) is 6.84. The lowest BCUT2D eigenvalue weighted by atomic mass is 10.1. The number of hydrogen-bond donors (Lipinski definition) is 1. The molecule has 4 aliphatic rings. The predicted molar refractivity (Wildman–Crippen MR) is 153 cm³/mol. The third-order valence-corrected chi connectivity index (χ3v) is 9.63. The van der Waals surface area contributed by atoms with Gasteiger partial charge in [-0.3, -0.25) is 24.8 Å². The Bertz CT molecular complexity index is 1280. The Morgan fingerprint density at radius 1 is 1.15 bits per heavy atom. The zero-order valence-electron chi connectivity index (χ0n) is 21.7. The standard InChI is InChI=1S/C29H32N4O4S2/c34-22-16-26(38-18-22)27-25(15-20-5-1-2-7-24(20)37-27)36-14-4-9-32-10-12-33(13-11-32)29(35)23-19-39-28(31-23)21-6-3-8-30-17-21/h1-3,5-8,16-17,23,28,31H,4,9-15,18-19H2/t23-,28?/m0/s1. The van der Waals surface area contributed by atoms with Gasteiger partial charge in [-0.25, -0.2) is 0 Å². The van der Waals surface area contributed by atoms with E-state index in [1.165, 1.54) is 11.8 Å². The van der Waals surface area contributed by atoms with E-state index in [2.05, 4.69) is 27.3 Å². The molecule has 5 heterocycles. The maximum Gasteiger partial charge on any atom is 0.240 e. The van der Waals surface area contributed by atoms with Gasteiger partial charge in [0.25, 0.3) is 0 Å². The Kier molecular flexibility index (Phi) is 8.24. The smallest absolute Gasteiger partial charge is 0.240 e. The van der Waals surface area contributed by atoms with Crippen LogP contribution in [-0.2, 0) is 20.7 Å². The van der Waals surface area contributed by atoms with Gasteiger partial charge in [0.05, 0.1) is 28.7 Å². The topological polar surface area (TPSA) is 84.0 Å². The summed E-state index contributed by atoms with van der Waals surface area (Å²) in [6.45, 7) is 4.73. The Labute approximate surface area is 237 Å². The second kappa shape index (κ2) is 12.2. The molecule has 4 aliphatic heterocycles. The minimum absolute atomic E-state index is 0.109. The molecule has 2 aromatic rings. The van der Waals surface area contributed by atoms with Gasteiger partial charge in [-0.15, -0.1) is 23.5 Å². The number of nitrogens with one attached hydrogen (secondary N) is 1. The molecule has 1 N–H and O–H groups in total. The van der Waals surface area contributed by atoms with Crippen LogP contribution in [0.3, 0.4) is 0 Å². The van der Waals surface area contributed by atoms with Gasteiger partial charge in [0.1, 0.15) is 11.5 Å². The highest BCUT2D eigenvalue weighted by Crippen LogP contribution is 2.39. The zero-order valence-corrected chi connectivity index (χ0v) is 23.3. The summed E-state index contributed by atoms with van der Waals surface area (Å²) >= 11 is 3.28. The van der Waals surface area contributed by atoms with Gasteiger partial charge in [0.2, 0.25) is 5.91 Å². The molecule has 6 rings (SSSR count). The Morgan fingerprint density at radius 2 is 2.03 bits per heavy atom. The molecule has 0 saturated carbocycles. The molecular formula is C29H32N4O4S2. The first-order valence-corrected chi connectivity index (χ1v) is 15.5. The van der Waals surface area contributed by atoms with E-state index in [0.717, 1.165) is 72.4 Å². The molecule has 10 heteroatoms. The number of pyridine rings is 1. The number of hydrogen-bond acceptors (Lipinski definition) is 9. The van der Waals surface area contributed by atoms with Crippen molar-refractivity contribution in [2.45, 2.75) is 24.3 Å². The fourth-order valence-corrected chi connectivity index (χ4v) is 7.32. The predicted octanol–water partition coefficient (Wildman–Crippen LogP) is 3.38. The van der Waals surface area contributed by atoms with Crippen LogP contribution in [0.5, 0.6) is 5.75 Å². The van der Waals surface area contributed by atoms with Crippen LogP contribution in [0.1, 0.15) is 22.9 Å². The number of amides is 1. The molecule has 2 saturated heterocycles. The van der Waals surface area contributed by atoms with E-state index in [-0.39, 0.29) is 23.1 Å². The van der Waals surface area contributed by atoms with Crippen molar-refractivity contribution in [1.29, 1.82) is 0 Å². The second-order valence-electron chi connectivity index (χ2n) is 9.99. The van der Waals surface area contributed by atoms with Crippen molar-refractivity contribution < 1.29 is 19.1 Å². The Balaban J connectivity index is 0.961. The summed E-state index contributed by atoms with van der Waals surface area (Å²) in [4.78, 5) is 34.4. The van der Waals surface area contributed by atoms with Gasteiger partial charge < -0.3 is 14.4 Å². The van der Waals surface area contributed by atoms with Crippen molar-refractivity contribution in [1.82, 2.24) is 20.1 Å². The highest BCUT2D eigenvalue weighted by molar-refractivity contribution is 8.04. The van der Waals surface area contributed by atoms with Crippen LogP contribution < -0.4 is 10.1 Å². The quantitative estimate of drug-likeness (QED) is 0.485. The van der Waals surface area contributed by atoms with Crippen molar-refractivity contribution in [3.05, 3.63) is 82.4 Å². The fraction of sp³-hybridized carbons (Fsp3) is 0.414. The number of ether oxygens (including phenoxy) is 2. The van der Waals surface area contributed by atoms with Crippen molar-refractivity contribution in [3.8, 4) is 5.75 Å². The molecule has 1 aromatic heterocycles. The van der Waals surface area contributed by atoms with Gasteiger partial charge >= 0.3 is 0 Å². The molecular weight excluding hydrogens is 532 g/mol. The molecule has 1 aromatic carbocycles. The number of carbonyl (C=O) groups is 2. The first-order chi connectivity index (χ1) is 19.1. The molecule has 204 valence electrons. The van der Waals surface area contributed by atoms with Crippen molar-refractivity contribution >= 4 is 35.2 Å². The van der Waals surface area contributed by atoms with Crippen LogP contribution in [0.15, 0.2) is 71.3 Å². The normalized spacial score (nSPS) is 23.4. The summed E-state index contributed by atoms with van der Waals surface area (Å²) in [5, 5.41) is 3.61. The molecule has 0 aliphatic carbocycles. The summed E-state index contributed by atoms with van der Waals surface area (Å²) in [5.41, 5.74) is 2.21. The number of benzene rings is 1. The number of allylic oxidation sites excluding steroid dienone is 2. The summed E-state index contributed by atoms with van der Waals surface area (Å²) in [6, 6.07) is 11.8. The molecule has 2 fully saturated rings. The average molecular weight is 565 g/mol. The van der Waals surface area contributed by atoms with E-state index in [9.17, 15) is 9.59 Å². The van der Waals surface area contributed by atoms with Crippen molar-refractivity contribution in [2.24, 2.45) is 0 Å². The number of rotatable bonds is 8. The lowest BCUT2D eigenvalue weighted by Gasteiger charge is -2.36. The van der Waals surface area contributed by atoms with Crippen molar-refractivity contribution in [2.75, 3.05) is 50.8 Å². The SMILES string of the molecule is O=C1C=C(C2=C(OCCCN3CCN(C(=O)[C@@H]4CSC(c5cccnc5)N4)CC3)Cc3ccccc3O2)SC1. The number of aromatic nitrogens is 1. The van der Waals surface area contributed by atoms with Crippen LogP contribution in [0, 0.1) is 0 Å². The number of para-hydroxylation sites is 1. The number of thioether (sulfide) groups is 2. The molecule has 2 atom stereocenters. The van der Waals surface area contributed by atoms with E-state index in [1.54, 1.807) is 24.0 Å². The van der Waals surface area contributed by atoms with Crippen molar-refractivity contribution in [3.63, 3.8) is 0 Å². The van der Waals surface area contributed by atoms with Crippen LogP contribution in [-0.4, -0.2) is 83.4 Å². The van der Waals surface area contributed by atoms with Gasteiger partial charge in [-0.1, -0.05) is 24.3 Å². The van der Waals surface area contributed by atoms with Crippen LogP contribution in [0.4, 0.5) is 0 Å². The Morgan fingerprint density at radius 3 is 2.82 bits per heavy atom. The average Bonchev–Trinajstić information content (AvgIpc) is 3.65. The molecule has 1 unspecified atom stereocenters. The number of carbonyl (C=O) groups excluding carboxylic acids is 2. The largest absolute Gasteiger partial charge is 0.494 e. The number of piperazine rings is 1. The second-order valence-corrected chi connectivity index (χ2v) is 12.1. The molecule has 0 bridgehead atoms. The third kappa shape index (κ3) is 6.19. The number of ketones is 1. The lowest BCUT2D eigenvalue weighted by molar-refractivity contribution is -0.134. The number of nitrogens with zero attached hydrogens (tertiary/aromatic N) is 3. The lowest BCUT2D eigenvalue weighted by Crippen LogP contribution is -2.53. The van der Waals surface area contributed by atoms with Crippen LogP contribution in [0.2, 0.25) is 0 Å². The van der Waals surface area contributed by atoms with E-state index >= 15 is 0 Å². The van der Waals surface area contributed by atoms with Crippen LogP contribution >= 0.6 is 23.5 Å². The molecule has 0 radical (unpaired) electrons. The van der Waals surface area contributed by atoms with E-state index in [1.807, 2.05) is 35.4 Å². The minimum Gasteiger partial charge on any atom is -0.494 e. The summed E-state index contributed by atoms with van der Waals surface area (Å²) < 4.78 is 12.4. The van der Waals surface area contributed by atoms with E-state index in [0.29, 0.717) is 24.5 Å². The van der Waals surface area contributed by atoms with E-state index in [4.69, 9.17) is 9.47 Å². The molecule has 8 nitrogen and oxygen atoms in total. The summed E-state index contributed by atoms with van der Waals surface area (Å²) in [7, 11) is 0. The zero-order chi connectivity index (χ0) is 26.6. The number of fused-ring (bicyclic) bond motifs is 1. The first-order valence-electron chi connectivity index (χ1n) is 13.4. The van der Waals surface area contributed by atoms with Gasteiger partial charge in [0, 0.05) is 62.9 Å². The maximum atomic E-state index is 13.1. The third-order valence-electron chi connectivity index (χ3n) is 7.32. The molecule has 0 spiro atoms. The highest BCUT2D eigenvalue weighted by atomic mass is 32.2. The molecule has 39 heavy (non-hydrogen) atoms.